The van der Waals surface area contributed by atoms with Crippen LogP contribution in [-0.4, -0.2) is 11.7 Å². The van der Waals surface area contributed by atoms with Gasteiger partial charge in [-0.05, 0) is 6.07 Å². The third kappa shape index (κ3) is 2.60. The molecule has 0 fully saturated rings. The van der Waals surface area contributed by atoms with Gasteiger partial charge in [-0.15, -0.1) is 0 Å². The first kappa shape index (κ1) is 10.3. The Kier molecular flexibility index (Phi) is 3.17. The maximum Gasteiger partial charge on any atom is 0.387 e. The summed E-state index contributed by atoms with van der Waals surface area (Å²) in [6.45, 7) is -2.99. The molecule has 0 spiro atoms. The Morgan fingerprint density at radius 1 is 1.23 bits per heavy atom. The Morgan fingerprint density at radius 2 is 1.85 bits per heavy atom. The van der Waals surface area contributed by atoms with Crippen LogP contribution in [0, 0.1) is 0 Å². The highest BCUT2D eigenvalue weighted by Crippen LogP contribution is 2.35. The molecule has 0 aromatic heterocycles. The molecule has 0 aliphatic carbocycles. The Labute approximate surface area is 82.6 Å². The molecular formula is C7H4Cl2F2O2. The smallest absolute Gasteiger partial charge is 0.387 e. The zero-order valence-corrected chi connectivity index (χ0v) is 7.61. The van der Waals surface area contributed by atoms with Gasteiger partial charge in [0.1, 0.15) is 11.5 Å². The number of aromatic hydroxyl groups is 1. The molecule has 1 N–H and O–H groups in total. The molecule has 6 heteroatoms. The van der Waals surface area contributed by atoms with Crippen LogP contribution in [0.1, 0.15) is 0 Å². The minimum atomic E-state index is -2.99. The van der Waals surface area contributed by atoms with E-state index in [1.165, 1.54) is 0 Å². The molecule has 0 aliphatic rings. The lowest BCUT2D eigenvalue weighted by Crippen LogP contribution is -2.02. The van der Waals surface area contributed by atoms with Gasteiger partial charge in [-0.1, -0.05) is 23.2 Å². The van der Waals surface area contributed by atoms with E-state index in [-0.39, 0.29) is 21.5 Å². The van der Waals surface area contributed by atoms with E-state index in [0.29, 0.717) is 0 Å². The van der Waals surface area contributed by atoms with Crippen LogP contribution < -0.4 is 4.74 Å². The number of benzene rings is 1. The van der Waals surface area contributed by atoms with Crippen molar-refractivity contribution in [2.75, 3.05) is 0 Å². The minimum absolute atomic E-state index is 0.0217. The third-order valence-electron chi connectivity index (χ3n) is 1.22. The molecule has 0 radical (unpaired) electrons. The fourth-order valence-corrected chi connectivity index (χ4v) is 1.13. The zero-order chi connectivity index (χ0) is 10.0. The molecule has 0 bridgehead atoms. The first-order valence-electron chi connectivity index (χ1n) is 3.13. The minimum Gasteiger partial charge on any atom is -0.506 e. The van der Waals surface area contributed by atoms with Crippen LogP contribution in [0.4, 0.5) is 8.78 Å². The lowest BCUT2D eigenvalue weighted by molar-refractivity contribution is -0.0498. The molecule has 13 heavy (non-hydrogen) atoms. The second-order valence-corrected chi connectivity index (χ2v) is 2.93. The van der Waals surface area contributed by atoms with Crippen LogP contribution in [0.3, 0.4) is 0 Å². The van der Waals surface area contributed by atoms with Gasteiger partial charge in [0.25, 0.3) is 0 Å². The van der Waals surface area contributed by atoms with Crippen molar-refractivity contribution in [2.45, 2.75) is 6.61 Å². The summed E-state index contributed by atoms with van der Waals surface area (Å²) in [7, 11) is 0. The topological polar surface area (TPSA) is 29.5 Å². The molecule has 0 saturated heterocycles. The van der Waals surface area contributed by atoms with E-state index >= 15 is 0 Å². The van der Waals surface area contributed by atoms with Crippen molar-refractivity contribution in [3.8, 4) is 11.5 Å². The van der Waals surface area contributed by atoms with Crippen LogP contribution in [0.25, 0.3) is 0 Å². The van der Waals surface area contributed by atoms with Crippen LogP contribution in [-0.2, 0) is 0 Å². The maximum absolute atomic E-state index is 11.7. The van der Waals surface area contributed by atoms with Gasteiger partial charge in [0, 0.05) is 6.07 Å². The molecule has 1 aromatic rings. The van der Waals surface area contributed by atoms with E-state index in [2.05, 4.69) is 4.74 Å². The maximum atomic E-state index is 11.7. The number of phenolic OH excluding ortho intramolecular Hbond substituents is 1. The van der Waals surface area contributed by atoms with Crippen LogP contribution in [0.2, 0.25) is 10.0 Å². The second-order valence-electron chi connectivity index (χ2n) is 2.11. The van der Waals surface area contributed by atoms with Crippen LogP contribution >= 0.6 is 23.2 Å². The van der Waals surface area contributed by atoms with E-state index in [0.717, 1.165) is 12.1 Å². The average Bonchev–Trinajstić information content (AvgIpc) is 1.99. The van der Waals surface area contributed by atoms with Gasteiger partial charge in [0.05, 0.1) is 10.0 Å². The fourth-order valence-electron chi connectivity index (χ4n) is 0.705. The molecular weight excluding hydrogens is 225 g/mol. The van der Waals surface area contributed by atoms with E-state index in [9.17, 15) is 8.78 Å². The first-order chi connectivity index (χ1) is 6.00. The summed E-state index contributed by atoms with van der Waals surface area (Å²) in [6.07, 6.45) is 0. The van der Waals surface area contributed by atoms with E-state index in [1.807, 2.05) is 0 Å². The normalized spacial score (nSPS) is 10.5. The van der Waals surface area contributed by atoms with Crippen LogP contribution in [0.15, 0.2) is 12.1 Å². The molecule has 0 aliphatic heterocycles. The standard InChI is InChI=1S/C7H4Cl2F2O2/c8-3-1-4(9)6(2-5(3)12)13-7(10)11/h1-2,7,12H. The fraction of sp³-hybridized carbons (Fsp3) is 0.143. The number of ether oxygens (including phenoxy) is 1. The quantitative estimate of drug-likeness (QED) is 0.842. The van der Waals surface area contributed by atoms with Gasteiger partial charge in [-0.3, -0.25) is 0 Å². The predicted octanol–water partition coefficient (Wildman–Crippen LogP) is 3.30. The highest BCUT2D eigenvalue weighted by atomic mass is 35.5. The molecule has 0 amide bonds. The van der Waals surface area contributed by atoms with Gasteiger partial charge < -0.3 is 9.84 Å². The summed E-state index contributed by atoms with van der Waals surface area (Å²) >= 11 is 10.9. The molecule has 0 heterocycles. The Morgan fingerprint density at radius 3 is 2.38 bits per heavy atom. The Hall–Kier alpha value is -0.740. The van der Waals surface area contributed by atoms with Crippen molar-refractivity contribution in [1.82, 2.24) is 0 Å². The lowest BCUT2D eigenvalue weighted by Gasteiger charge is -2.07. The summed E-state index contributed by atoms with van der Waals surface area (Å²) in [5.74, 6) is -0.666. The van der Waals surface area contributed by atoms with Gasteiger partial charge in [0.15, 0.2) is 0 Å². The van der Waals surface area contributed by atoms with Gasteiger partial charge >= 0.3 is 6.61 Å². The highest BCUT2D eigenvalue weighted by Gasteiger charge is 2.11. The zero-order valence-electron chi connectivity index (χ0n) is 6.10. The number of alkyl halides is 2. The van der Waals surface area contributed by atoms with Gasteiger partial charge in [-0.2, -0.15) is 8.78 Å². The molecule has 2 nitrogen and oxygen atoms in total. The van der Waals surface area contributed by atoms with Gasteiger partial charge in [0.2, 0.25) is 0 Å². The number of rotatable bonds is 2. The summed E-state index contributed by atoms with van der Waals surface area (Å²) in [5.41, 5.74) is 0. The lowest BCUT2D eigenvalue weighted by atomic mass is 10.3. The van der Waals surface area contributed by atoms with Crippen molar-refractivity contribution >= 4 is 23.2 Å². The van der Waals surface area contributed by atoms with Crippen molar-refractivity contribution < 1.29 is 18.6 Å². The third-order valence-corrected chi connectivity index (χ3v) is 1.82. The number of phenols is 1. The van der Waals surface area contributed by atoms with Crippen molar-refractivity contribution in [2.24, 2.45) is 0 Å². The van der Waals surface area contributed by atoms with Crippen molar-refractivity contribution in [1.29, 1.82) is 0 Å². The van der Waals surface area contributed by atoms with Crippen molar-refractivity contribution in [3.05, 3.63) is 22.2 Å². The highest BCUT2D eigenvalue weighted by molar-refractivity contribution is 6.36. The molecule has 72 valence electrons. The summed E-state index contributed by atoms with van der Waals surface area (Å²) in [4.78, 5) is 0. The van der Waals surface area contributed by atoms with E-state index in [1.54, 1.807) is 0 Å². The molecule has 0 unspecified atom stereocenters. The summed E-state index contributed by atoms with van der Waals surface area (Å²) in [5, 5.41) is 8.92. The average molecular weight is 229 g/mol. The second kappa shape index (κ2) is 3.98. The summed E-state index contributed by atoms with van der Waals surface area (Å²) < 4.78 is 27.5. The number of hydrogen-bond acceptors (Lipinski definition) is 2. The molecule has 0 atom stereocenters. The molecule has 0 saturated carbocycles. The molecule has 1 aromatic carbocycles. The number of halogens is 4. The summed E-state index contributed by atoms with van der Waals surface area (Å²) in [6, 6.07) is 2.05. The van der Waals surface area contributed by atoms with E-state index in [4.69, 9.17) is 28.3 Å². The van der Waals surface area contributed by atoms with E-state index < -0.39 is 6.61 Å². The molecule has 1 rings (SSSR count). The Balaban J connectivity index is 3.01. The van der Waals surface area contributed by atoms with Gasteiger partial charge in [-0.25, -0.2) is 0 Å². The van der Waals surface area contributed by atoms with Crippen molar-refractivity contribution in [3.63, 3.8) is 0 Å². The first-order valence-corrected chi connectivity index (χ1v) is 3.89. The SMILES string of the molecule is Oc1cc(OC(F)F)c(Cl)cc1Cl. The largest absolute Gasteiger partial charge is 0.506 e. The monoisotopic (exact) mass is 228 g/mol. The van der Waals surface area contributed by atoms with Crippen LogP contribution in [0.5, 0.6) is 11.5 Å². The number of hydrogen-bond donors (Lipinski definition) is 1. The predicted molar refractivity (Wildman–Crippen MR) is 44.8 cm³/mol. The Bertz CT molecular complexity index is 318.